The third-order valence-corrected chi connectivity index (χ3v) is 4.65. The van der Waals surface area contributed by atoms with Crippen molar-refractivity contribution in [2.45, 2.75) is 45.6 Å². The number of nitrogens with one attached hydrogen (secondary N) is 2. The summed E-state index contributed by atoms with van der Waals surface area (Å²) in [6, 6.07) is 1.94. The smallest absolute Gasteiger partial charge is 0.253 e. The number of aromatic nitrogens is 1. The Morgan fingerprint density at radius 3 is 2.76 bits per heavy atom. The molecule has 1 aliphatic rings. The Kier molecular flexibility index (Phi) is 5.45. The Balaban J connectivity index is 2.13. The fourth-order valence-electron chi connectivity index (χ4n) is 3.13. The van der Waals surface area contributed by atoms with E-state index in [1.165, 1.54) is 25.5 Å². The fourth-order valence-corrected chi connectivity index (χ4v) is 3.32. The van der Waals surface area contributed by atoms with Crippen LogP contribution < -0.4 is 10.6 Å². The van der Waals surface area contributed by atoms with Crippen molar-refractivity contribution in [1.82, 2.24) is 10.3 Å². The second kappa shape index (κ2) is 7.12. The highest BCUT2D eigenvalue weighted by Crippen LogP contribution is 2.30. The van der Waals surface area contributed by atoms with Crippen molar-refractivity contribution in [2.24, 2.45) is 11.8 Å². The molecule has 0 aromatic carbocycles. The summed E-state index contributed by atoms with van der Waals surface area (Å²) in [5.74, 6) is 1.67. The fraction of sp³-hybridized carbons (Fsp3) is 0.625. The number of carbonyl (C=O) groups is 1. The number of hydrogen-bond donors (Lipinski definition) is 2. The van der Waals surface area contributed by atoms with Gasteiger partial charge in [-0.05, 0) is 30.7 Å². The topological polar surface area (TPSA) is 54.0 Å². The van der Waals surface area contributed by atoms with Gasteiger partial charge in [0.2, 0.25) is 0 Å². The lowest BCUT2D eigenvalue weighted by molar-refractivity contribution is 0.0889. The number of carbonyl (C=O) groups excluding carboxylic acids is 1. The molecule has 2 N–H and O–H groups in total. The molecular formula is C16H24ClN3O. The lowest BCUT2D eigenvalue weighted by atomic mass is 9.78. The third-order valence-electron chi connectivity index (χ3n) is 4.35. The first kappa shape index (κ1) is 16.1. The molecule has 1 fully saturated rings. The monoisotopic (exact) mass is 309 g/mol. The minimum absolute atomic E-state index is 0.101. The summed E-state index contributed by atoms with van der Waals surface area (Å²) < 4.78 is 0. The van der Waals surface area contributed by atoms with Crippen LogP contribution in [0.5, 0.6) is 0 Å². The van der Waals surface area contributed by atoms with E-state index in [2.05, 4.69) is 29.5 Å². The molecule has 0 saturated heterocycles. The van der Waals surface area contributed by atoms with Crippen molar-refractivity contribution in [3.63, 3.8) is 0 Å². The van der Waals surface area contributed by atoms with Crippen LogP contribution in [-0.2, 0) is 0 Å². The quantitative estimate of drug-likeness (QED) is 0.891. The van der Waals surface area contributed by atoms with Crippen LogP contribution >= 0.6 is 11.6 Å². The number of nitrogens with zero attached hydrogens (tertiary/aromatic N) is 1. The highest BCUT2D eigenvalue weighted by atomic mass is 35.5. The summed E-state index contributed by atoms with van der Waals surface area (Å²) in [6.45, 7) is 4.46. The van der Waals surface area contributed by atoms with Gasteiger partial charge in [-0.2, -0.15) is 0 Å². The van der Waals surface area contributed by atoms with Crippen LogP contribution in [-0.4, -0.2) is 24.0 Å². The van der Waals surface area contributed by atoms with E-state index in [0.29, 0.717) is 28.2 Å². The van der Waals surface area contributed by atoms with Gasteiger partial charge in [0.1, 0.15) is 5.82 Å². The van der Waals surface area contributed by atoms with Crippen LogP contribution in [0.25, 0.3) is 0 Å². The maximum atomic E-state index is 12.5. The number of pyridine rings is 1. The van der Waals surface area contributed by atoms with E-state index in [0.717, 1.165) is 6.42 Å². The van der Waals surface area contributed by atoms with Crippen molar-refractivity contribution in [2.75, 3.05) is 12.4 Å². The second-order valence-corrected chi connectivity index (χ2v) is 6.48. The van der Waals surface area contributed by atoms with Crippen LogP contribution in [0.4, 0.5) is 5.82 Å². The van der Waals surface area contributed by atoms with Gasteiger partial charge in [0.25, 0.3) is 5.91 Å². The van der Waals surface area contributed by atoms with E-state index in [1.54, 1.807) is 13.1 Å². The Hall–Kier alpha value is -1.29. The predicted octanol–water partition coefficient (Wildman–Crippen LogP) is 3.72. The zero-order valence-electron chi connectivity index (χ0n) is 12.9. The van der Waals surface area contributed by atoms with Gasteiger partial charge >= 0.3 is 0 Å². The highest BCUT2D eigenvalue weighted by molar-refractivity contribution is 6.33. The van der Waals surface area contributed by atoms with Crippen molar-refractivity contribution >= 4 is 23.3 Å². The molecule has 0 spiro atoms. The maximum absolute atomic E-state index is 12.5. The van der Waals surface area contributed by atoms with Crippen molar-refractivity contribution in [3.8, 4) is 0 Å². The molecule has 21 heavy (non-hydrogen) atoms. The molecule has 0 aliphatic heterocycles. The Bertz CT molecular complexity index is 504. The molecule has 1 aromatic rings. The van der Waals surface area contributed by atoms with Gasteiger partial charge in [-0.25, -0.2) is 4.98 Å². The Labute approximate surface area is 131 Å². The molecule has 4 nitrogen and oxygen atoms in total. The van der Waals surface area contributed by atoms with Crippen molar-refractivity contribution in [3.05, 3.63) is 22.8 Å². The molecule has 5 heteroatoms. The van der Waals surface area contributed by atoms with Gasteiger partial charge in [0.15, 0.2) is 0 Å². The summed E-state index contributed by atoms with van der Waals surface area (Å²) in [5, 5.41) is 6.50. The third kappa shape index (κ3) is 3.88. The van der Waals surface area contributed by atoms with Crippen LogP contribution in [0.2, 0.25) is 5.02 Å². The molecule has 1 amide bonds. The molecule has 1 saturated carbocycles. The van der Waals surface area contributed by atoms with Gasteiger partial charge in [0.05, 0.1) is 10.6 Å². The van der Waals surface area contributed by atoms with E-state index in [1.807, 2.05) is 0 Å². The largest absolute Gasteiger partial charge is 0.373 e. The van der Waals surface area contributed by atoms with Crippen LogP contribution in [0.15, 0.2) is 12.3 Å². The zero-order chi connectivity index (χ0) is 15.4. The molecule has 2 rings (SSSR count). The SMILES string of the molecule is CNc1cc(C(=O)NC2CCCCC2C(C)C)c(Cl)cn1. The van der Waals surface area contributed by atoms with Crippen LogP contribution in [0.3, 0.4) is 0 Å². The number of rotatable bonds is 4. The summed E-state index contributed by atoms with van der Waals surface area (Å²) in [6.07, 6.45) is 6.20. The van der Waals surface area contributed by atoms with Crippen LogP contribution in [0.1, 0.15) is 49.9 Å². The first-order chi connectivity index (χ1) is 10.0. The van der Waals surface area contributed by atoms with Gasteiger partial charge in [-0.1, -0.05) is 38.3 Å². The average Bonchev–Trinajstić information content (AvgIpc) is 2.48. The van der Waals surface area contributed by atoms with E-state index >= 15 is 0 Å². The second-order valence-electron chi connectivity index (χ2n) is 6.07. The van der Waals surface area contributed by atoms with Crippen LogP contribution in [0, 0.1) is 11.8 Å². The number of anilines is 1. The number of amides is 1. The lowest BCUT2D eigenvalue weighted by Gasteiger charge is -2.35. The minimum atomic E-state index is -0.101. The molecule has 1 aliphatic carbocycles. The van der Waals surface area contributed by atoms with Gasteiger partial charge < -0.3 is 10.6 Å². The van der Waals surface area contributed by atoms with Gasteiger partial charge in [-0.3, -0.25) is 4.79 Å². The van der Waals surface area contributed by atoms with E-state index in [4.69, 9.17) is 11.6 Å². The molecule has 2 unspecified atom stereocenters. The lowest BCUT2D eigenvalue weighted by Crippen LogP contribution is -2.44. The predicted molar refractivity (Wildman–Crippen MR) is 86.8 cm³/mol. The molecule has 1 heterocycles. The highest BCUT2D eigenvalue weighted by Gasteiger charge is 2.29. The Morgan fingerprint density at radius 1 is 1.38 bits per heavy atom. The molecule has 0 bridgehead atoms. The molecule has 116 valence electrons. The van der Waals surface area contributed by atoms with Gasteiger partial charge in [0, 0.05) is 19.3 Å². The maximum Gasteiger partial charge on any atom is 0.253 e. The Morgan fingerprint density at radius 2 is 2.10 bits per heavy atom. The van der Waals surface area contributed by atoms with E-state index < -0.39 is 0 Å². The molecule has 2 atom stereocenters. The molecular weight excluding hydrogens is 286 g/mol. The molecule has 1 aromatic heterocycles. The summed E-state index contributed by atoms with van der Waals surface area (Å²) in [4.78, 5) is 16.6. The van der Waals surface area contributed by atoms with E-state index in [-0.39, 0.29) is 11.9 Å². The summed E-state index contributed by atoms with van der Waals surface area (Å²) >= 11 is 6.11. The summed E-state index contributed by atoms with van der Waals surface area (Å²) in [5.41, 5.74) is 0.490. The summed E-state index contributed by atoms with van der Waals surface area (Å²) in [7, 11) is 1.77. The van der Waals surface area contributed by atoms with Gasteiger partial charge in [-0.15, -0.1) is 0 Å². The van der Waals surface area contributed by atoms with E-state index in [9.17, 15) is 4.79 Å². The number of halogens is 1. The first-order valence-corrected chi connectivity index (χ1v) is 8.05. The average molecular weight is 310 g/mol. The first-order valence-electron chi connectivity index (χ1n) is 7.67. The standard InChI is InChI=1S/C16H24ClN3O/c1-10(2)11-6-4-5-7-14(11)20-16(21)12-8-15(18-3)19-9-13(12)17/h8-11,14H,4-7H2,1-3H3,(H,18,19)(H,20,21). The number of hydrogen-bond acceptors (Lipinski definition) is 3. The minimum Gasteiger partial charge on any atom is -0.373 e. The van der Waals surface area contributed by atoms with Crippen molar-refractivity contribution in [1.29, 1.82) is 0 Å². The van der Waals surface area contributed by atoms with Crippen molar-refractivity contribution < 1.29 is 4.79 Å². The molecule has 0 radical (unpaired) electrons. The normalized spacial score (nSPS) is 22.1. The zero-order valence-corrected chi connectivity index (χ0v) is 13.7.